The summed E-state index contributed by atoms with van der Waals surface area (Å²) in [6, 6.07) is 70.3. The van der Waals surface area contributed by atoms with Crippen LogP contribution in [0.25, 0.3) is 69.9 Å². The third kappa shape index (κ3) is 5.01. The van der Waals surface area contributed by atoms with Crippen LogP contribution in [0.3, 0.4) is 0 Å². The van der Waals surface area contributed by atoms with Gasteiger partial charge >= 0.3 is 0 Å². The Morgan fingerprint density at radius 1 is 0.373 bits per heavy atom. The Labute approximate surface area is 300 Å². The van der Waals surface area contributed by atoms with Crippen LogP contribution in [0.2, 0.25) is 0 Å². The van der Waals surface area contributed by atoms with Gasteiger partial charge in [0.25, 0.3) is 0 Å². The van der Waals surface area contributed by atoms with Crippen molar-refractivity contribution in [2.45, 2.75) is 0 Å². The number of nitrogens with zero attached hydrogens (tertiary/aromatic N) is 2. The maximum Gasteiger partial charge on any atom is 0.0541 e. The van der Waals surface area contributed by atoms with Gasteiger partial charge in [-0.25, -0.2) is 0 Å². The van der Waals surface area contributed by atoms with E-state index in [1.807, 2.05) is 11.3 Å². The summed E-state index contributed by atoms with van der Waals surface area (Å²) in [5.74, 6) is 0. The van der Waals surface area contributed by atoms with Crippen molar-refractivity contribution >= 4 is 70.4 Å². The fraction of sp³-hybridized carbons (Fsp3) is 0. The van der Waals surface area contributed by atoms with E-state index in [1.165, 1.54) is 64.2 Å². The van der Waals surface area contributed by atoms with Gasteiger partial charge in [-0.3, -0.25) is 0 Å². The van der Waals surface area contributed by atoms with Gasteiger partial charge in [0, 0.05) is 59.3 Å². The SMILES string of the molecule is c1ccc(-c2ccc(N(c3ccccc3)c3cc(-c4ccc(-n5c6ccccc6c6ccccc65)cc4)c4sc5ccccc5c4c3)cc2)cc1. The Balaban J connectivity index is 1.15. The molecule has 0 unspecified atom stereocenters. The first-order valence-corrected chi connectivity index (χ1v) is 18.2. The summed E-state index contributed by atoms with van der Waals surface area (Å²) < 4.78 is 4.99. The maximum absolute atomic E-state index is 2.39. The van der Waals surface area contributed by atoms with Gasteiger partial charge in [0.2, 0.25) is 0 Å². The number of thiophene rings is 1. The zero-order valence-corrected chi connectivity index (χ0v) is 28.6. The molecule has 2 heterocycles. The molecule has 2 aromatic heterocycles. The van der Waals surface area contributed by atoms with E-state index < -0.39 is 0 Å². The van der Waals surface area contributed by atoms with Gasteiger partial charge in [-0.15, -0.1) is 11.3 Å². The molecule has 0 aliphatic carbocycles. The molecule has 10 rings (SSSR count). The number of fused-ring (bicyclic) bond motifs is 6. The minimum atomic E-state index is 1.12. The zero-order chi connectivity index (χ0) is 33.7. The number of anilines is 3. The Hall–Kier alpha value is -6.42. The van der Waals surface area contributed by atoms with Crippen LogP contribution in [0, 0.1) is 0 Å². The summed E-state index contributed by atoms with van der Waals surface area (Å²) in [6.45, 7) is 0. The molecule has 0 radical (unpaired) electrons. The summed E-state index contributed by atoms with van der Waals surface area (Å²) in [5.41, 5.74) is 11.8. The molecule has 8 aromatic carbocycles. The lowest BCUT2D eigenvalue weighted by Gasteiger charge is -2.26. The van der Waals surface area contributed by atoms with Gasteiger partial charge in [0.05, 0.1) is 11.0 Å². The highest BCUT2D eigenvalue weighted by Gasteiger charge is 2.19. The highest BCUT2D eigenvalue weighted by atomic mass is 32.1. The van der Waals surface area contributed by atoms with E-state index in [1.54, 1.807) is 0 Å². The number of hydrogen-bond donors (Lipinski definition) is 0. The molecule has 0 atom stereocenters. The first kappa shape index (κ1) is 29.5. The lowest BCUT2D eigenvalue weighted by atomic mass is 10.00. The van der Waals surface area contributed by atoms with Gasteiger partial charge in [-0.1, -0.05) is 127 Å². The van der Waals surface area contributed by atoms with Crippen molar-refractivity contribution in [2.24, 2.45) is 0 Å². The molecule has 0 aliphatic rings. The number of para-hydroxylation sites is 3. The second-order valence-electron chi connectivity index (χ2n) is 13.0. The van der Waals surface area contributed by atoms with E-state index in [9.17, 15) is 0 Å². The summed E-state index contributed by atoms with van der Waals surface area (Å²) in [5, 5.41) is 5.11. The minimum absolute atomic E-state index is 1.12. The minimum Gasteiger partial charge on any atom is -0.310 e. The summed E-state index contributed by atoms with van der Waals surface area (Å²) in [6.07, 6.45) is 0. The molecule has 10 aromatic rings. The second kappa shape index (κ2) is 12.2. The predicted octanol–water partition coefficient (Wildman–Crippen LogP) is 14.0. The Morgan fingerprint density at radius 3 is 1.59 bits per heavy atom. The molecule has 0 aliphatic heterocycles. The molecule has 0 bridgehead atoms. The van der Waals surface area contributed by atoms with E-state index >= 15 is 0 Å². The molecule has 240 valence electrons. The predicted molar refractivity (Wildman–Crippen MR) is 219 cm³/mol. The molecule has 0 saturated carbocycles. The third-order valence-corrected chi connectivity index (χ3v) is 11.2. The van der Waals surface area contributed by atoms with Crippen molar-refractivity contribution in [1.29, 1.82) is 0 Å². The average molecular weight is 669 g/mol. The lowest BCUT2D eigenvalue weighted by molar-refractivity contribution is 1.18. The van der Waals surface area contributed by atoms with Crippen LogP contribution in [0.15, 0.2) is 194 Å². The van der Waals surface area contributed by atoms with Crippen molar-refractivity contribution < 1.29 is 0 Å². The topological polar surface area (TPSA) is 8.17 Å². The van der Waals surface area contributed by atoms with Gasteiger partial charge < -0.3 is 9.47 Å². The maximum atomic E-state index is 2.39. The van der Waals surface area contributed by atoms with Crippen molar-refractivity contribution in [3.63, 3.8) is 0 Å². The van der Waals surface area contributed by atoms with Crippen LogP contribution in [0.4, 0.5) is 17.1 Å². The number of rotatable bonds is 6. The molecule has 0 amide bonds. The van der Waals surface area contributed by atoms with Crippen LogP contribution >= 0.6 is 11.3 Å². The zero-order valence-electron chi connectivity index (χ0n) is 27.8. The van der Waals surface area contributed by atoms with Gasteiger partial charge in [-0.2, -0.15) is 0 Å². The quantitative estimate of drug-likeness (QED) is 0.171. The first-order valence-electron chi connectivity index (χ1n) is 17.4. The van der Waals surface area contributed by atoms with E-state index in [2.05, 4.69) is 204 Å². The van der Waals surface area contributed by atoms with Crippen molar-refractivity contribution in [3.05, 3.63) is 194 Å². The van der Waals surface area contributed by atoms with E-state index in [-0.39, 0.29) is 0 Å². The van der Waals surface area contributed by atoms with Gasteiger partial charge in [0.1, 0.15) is 0 Å². The van der Waals surface area contributed by atoms with Crippen LogP contribution in [0.1, 0.15) is 0 Å². The van der Waals surface area contributed by atoms with E-state index in [0.29, 0.717) is 0 Å². The summed E-state index contributed by atoms with van der Waals surface area (Å²) >= 11 is 1.88. The third-order valence-electron chi connectivity index (χ3n) is 9.98. The standard InChI is InChI=1S/C48H32N2S/c1-3-13-33(14-4-1)34-23-27-37(28-24-34)49(36-15-5-2-6-16-36)39-31-43(48-44(32-39)42-19-9-12-22-47(42)51-48)35-25-29-38(30-26-35)50-45-20-10-7-17-40(45)41-18-8-11-21-46(41)50/h1-32H. The number of aromatic nitrogens is 1. The molecule has 3 heteroatoms. The highest BCUT2D eigenvalue weighted by molar-refractivity contribution is 7.26. The van der Waals surface area contributed by atoms with Gasteiger partial charge in [-0.05, 0) is 83.4 Å². The van der Waals surface area contributed by atoms with Crippen LogP contribution in [0.5, 0.6) is 0 Å². The lowest BCUT2D eigenvalue weighted by Crippen LogP contribution is -2.10. The van der Waals surface area contributed by atoms with Crippen molar-refractivity contribution in [3.8, 4) is 27.9 Å². The van der Waals surface area contributed by atoms with Crippen molar-refractivity contribution in [1.82, 2.24) is 4.57 Å². The summed E-state index contributed by atoms with van der Waals surface area (Å²) in [4.78, 5) is 2.39. The molecular weight excluding hydrogens is 637 g/mol. The normalized spacial score (nSPS) is 11.5. The first-order chi connectivity index (χ1) is 25.3. The molecule has 51 heavy (non-hydrogen) atoms. The fourth-order valence-electron chi connectivity index (χ4n) is 7.60. The largest absolute Gasteiger partial charge is 0.310 e. The Kier molecular flexibility index (Phi) is 7.04. The Morgan fingerprint density at radius 2 is 0.902 bits per heavy atom. The van der Waals surface area contributed by atoms with Gasteiger partial charge in [0.15, 0.2) is 0 Å². The van der Waals surface area contributed by atoms with Crippen molar-refractivity contribution in [2.75, 3.05) is 4.90 Å². The highest BCUT2D eigenvalue weighted by Crippen LogP contribution is 2.46. The van der Waals surface area contributed by atoms with E-state index in [4.69, 9.17) is 0 Å². The smallest absolute Gasteiger partial charge is 0.0541 e. The van der Waals surface area contributed by atoms with Crippen LogP contribution in [-0.4, -0.2) is 4.57 Å². The Bertz CT molecular complexity index is 2780. The molecule has 0 saturated heterocycles. The average Bonchev–Trinajstić information content (AvgIpc) is 3.75. The molecular formula is C48H32N2S. The second-order valence-corrected chi connectivity index (χ2v) is 14.0. The molecule has 0 spiro atoms. The van der Waals surface area contributed by atoms with E-state index in [0.717, 1.165) is 22.7 Å². The fourth-order valence-corrected chi connectivity index (χ4v) is 8.82. The van der Waals surface area contributed by atoms with Crippen LogP contribution < -0.4 is 4.90 Å². The number of benzene rings is 8. The molecule has 0 fully saturated rings. The number of hydrogen-bond acceptors (Lipinski definition) is 2. The molecule has 2 nitrogen and oxygen atoms in total. The van der Waals surface area contributed by atoms with Crippen LogP contribution in [-0.2, 0) is 0 Å². The monoisotopic (exact) mass is 668 g/mol. The molecule has 0 N–H and O–H groups in total. The summed E-state index contributed by atoms with van der Waals surface area (Å²) in [7, 11) is 0.